The molecule has 1 fully saturated rings. The van der Waals surface area contributed by atoms with Crippen molar-refractivity contribution in [3.63, 3.8) is 0 Å². The lowest BCUT2D eigenvalue weighted by molar-refractivity contribution is -0.123. The summed E-state index contributed by atoms with van der Waals surface area (Å²) in [6, 6.07) is 10.8. The van der Waals surface area contributed by atoms with E-state index in [-0.39, 0.29) is 18.0 Å². The molecule has 29 heavy (non-hydrogen) atoms. The van der Waals surface area contributed by atoms with Crippen molar-refractivity contribution in [3.05, 3.63) is 59.7 Å². The summed E-state index contributed by atoms with van der Waals surface area (Å²) in [5.41, 5.74) is 1.34. The molecule has 0 radical (unpaired) electrons. The van der Waals surface area contributed by atoms with Crippen molar-refractivity contribution >= 4 is 11.6 Å². The minimum atomic E-state index is -0.653. The Morgan fingerprint density at radius 3 is 2.55 bits per heavy atom. The molecule has 5 nitrogen and oxygen atoms in total. The van der Waals surface area contributed by atoms with Crippen LogP contribution in [-0.2, 0) is 4.79 Å². The van der Waals surface area contributed by atoms with Crippen LogP contribution in [0.15, 0.2) is 42.5 Å². The first-order valence-electron chi connectivity index (χ1n) is 9.91. The van der Waals surface area contributed by atoms with E-state index in [4.69, 9.17) is 4.74 Å². The second-order valence-corrected chi connectivity index (χ2v) is 7.12. The minimum Gasteiger partial charge on any atom is -0.492 e. The van der Waals surface area contributed by atoms with E-state index < -0.39 is 17.7 Å². The number of hydrogen-bond acceptors (Lipinski definition) is 4. The van der Waals surface area contributed by atoms with E-state index in [9.17, 15) is 13.6 Å². The number of hydrogen-bond donors (Lipinski definition) is 1. The summed E-state index contributed by atoms with van der Waals surface area (Å²) in [4.78, 5) is 16.7. The van der Waals surface area contributed by atoms with Crippen LogP contribution in [0.25, 0.3) is 0 Å². The highest BCUT2D eigenvalue weighted by atomic mass is 19.1. The van der Waals surface area contributed by atoms with Crippen LogP contribution in [0.4, 0.5) is 14.5 Å². The fraction of sp³-hybridized carbons (Fsp3) is 0.409. The van der Waals surface area contributed by atoms with E-state index >= 15 is 0 Å². The molecule has 2 aromatic rings. The lowest BCUT2D eigenvalue weighted by atomic mass is 10.1. The highest BCUT2D eigenvalue weighted by Crippen LogP contribution is 2.28. The summed E-state index contributed by atoms with van der Waals surface area (Å²) in [5, 5.41) is 2.80. The number of carbonyl (C=O) groups is 1. The molecule has 7 heteroatoms. The molecule has 0 aliphatic carbocycles. The van der Waals surface area contributed by atoms with Gasteiger partial charge < -0.3 is 15.0 Å². The van der Waals surface area contributed by atoms with Crippen LogP contribution >= 0.6 is 0 Å². The number of halogens is 2. The zero-order valence-electron chi connectivity index (χ0n) is 16.8. The Hall–Kier alpha value is -2.67. The van der Waals surface area contributed by atoms with Gasteiger partial charge in [0.25, 0.3) is 0 Å². The predicted octanol–water partition coefficient (Wildman–Crippen LogP) is 3.36. The van der Waals surface area contributed by atoms with E-state index in [1.54, 1.807) is 6.92 Å². The normalized spacial score (nSPS) is 15.8. The summed E-state index contributed by atoms with van der Waals surface area (Å²) in [7, 11) is 0. The standard InChI is InChI=1S/C22H27F2N3O2/c1-3-29-21-7-5-4-6-20(21)27-12-10-26(11-13-27)15-22(28)25-16(2)18-9-8-17(23)14-19(18)24/h4-9,14,16H,3,10-13,15H2,1-2H3,(H,25,28)/t16-/m1/s1. The first-order valence-corrected chi connectivity index (χ1v) is 9.91. The quantitative estimate of drug-likeness (QED) is 0.770. The highest BCUT2D eigenvalue weighted by Gasteiger charge is 2.22. The molecule has 0 saturated carbocycles. The van der Waals surface area contributed by atoms with E-state index in [0.29, 0.717) is 6.61 Å². The number of nitrogens with zero attached hydrogens (tertiary/aromatic N) is 2. The van der Waals surface area contributed by atoms with Crippen molar-refractivity contribution in [1.82, 2.24) is 10.2 Å². The molecule has 1 aliphatic rings. The molecule has 1 N–H and O–H groups in total. The van der Waals surface area contributed by atoms with Crippen molar-refractivity contribution in [2.24, 2.45) is 0 Å². The predicted molar refractivity (Wildman–Crippen MR) is 109 cm³/mol. The maximum absolute atomic E-state index is 13.9. The average molecular weight is 403 g/mol. The zero-order valence-corrected chi connectivity index (χ0v) is 16.8. The molecular weight excluding hydrogens is 376 g/mol. The van der Waals surface area contributed by atoms with Gasteiger partial charge in [0.1, 0.15) is 17.4 Å². The fourth-order valence-electron chi connectivity index (χ4n) is 3.56. The SMILES string of the molecule is CCOc1ccccc1N1CCN(CC(=O)N[C@H](C)c2ccc(F)cc2F)CC1. The molecule has 1 heterocycles. The van der Waals surface area contributed by atoms with Crippen molar-refractivity contribution in [3.8, 4) is 5.75 Å². The summed E-state index contributed by atoms with van der Waals surface area (Å²) >= 11 is 0. The van der Waals surface area contributed by atoms with Crippen molar-refractivity contribution in [2.45, 2.75) is 19.9 Å². The number of para-hydroxylation sites is 2. The summed E-state index contributed by atoms with van der Waals surface area (Å²) in [5.74, 6) is -0.589. The van der Waals surface area contributed by atoms with Crippen LogP contribution in [0.5, 0.6) is 5.75 Å². The number of anilines is 1. The Morgan fingerprint density at radius 1 is 1.14 bits per heavy atom. The second kappa shape index (κ2) is 9.69. The number of benzene rings is 2. The Labute approximate surface area is 170 Å². The molecule has 1 atom stereocenters. The van der Waals surface area contributed by atoms with E-state index in [1.807, 2.05) is 31.2 Å². The fourth-order valence-corrected chi connectivity index (χ4v) is 3.56. The van der Waals surface area contributed by atoms with Gasteiger partial charge in [0.2, 0.25) is 5.91 Å². The Kier molecular flexibility index (Phi) is 7.04. The first kappa shape index (κ1) is 21.0. The van der Waals surface area contributed by atoms with Gasteiger partial charge in [-0.3, -0.25) is 9.69 Å². The van der Waals surface area contributed by atoms with Crippen LogP contribution in [0, 0.1) is 11.6 Å². The van der Waals surface area contributed by atoms with Crippen molar-refractivity contribution < 1.29 is 18.3 Å². The maximum atomic E-state index is 13.9. The molecule has 2 aromatic carbocycles. The monoisotopic (exact) mass is 403 g/mol. The van der Waals surface area contributed by atoms with Gasteiger partial charge in [-0.2, -0.15) is 0 Å². The third-order valence-electron chi connectivity index (χ3n) is 5.05. The molecule has 1 amide bonds. The van der Waals surface area contributed by atoms with Crippen LogP contribution in [-0.4, -0.2) is 50.1 Å². The molecule has 0 spiro atoms. The van der Waals surface area contributed by atoms with Crippen LogP contribution in [0.3, 0.4) is 0 Å². The number of rotatable bonds is 7. The topological polar surface area (TPSA) is 44.8 Å². The van der Waals surface area contributed by atoms with Gasteiger partial charge in [-0.15, -0.1) is 0 Å². The lowest BCUT2D eigenvalue weighted by Crippen LogP contribution is -2.49. The Morgan fingerprint density at radius 2 is 1.86 bits per heavy atom. The minimum absolute atomic E-state index is 0.176. The molecule has 3 rings (SSSR count). The molecule has 1 aliphatic heterocycles. The van der Waals surface area contributed by atoms with Gasteiger partial charge >= 0.3 is 0 Å². The highest BCUT2D eigenvalue weighted by molar-refractivity contribution is 5.78. The van der Waals surface area contributed by atoms with E-state index in [2.05, 4.69) is 15.1 Å². The van der Waals surface area contributed by atoms with Gasteiger partial charge in [0, 0.05) is 37.8 Å². The average Bonchev–Trinajstić information content (AvgIpc) is 2.69. The van der Waals surface area contributed by atoms with Crippen molar-refractivity contribution in [2.75, 3.05) is 44.2 Å². The van der Waals surface area contributed by atoms with Gasteiger partial charge in [-0.25, -0.2) is 8.78 Å². The first-order chi connectivity index (χ1) is 14.0. The Balaban J connectivity index is 1.51. The van der Waals surface area contributed by atoms with Crippen molar-refractivity contribution in [1.29, 1.82) is 0 Å². The molecule has 0 aromatic heterocycles. The Bertz CT molecular complexity index is 839. The van der Waals surface area contributed by atoms with Gasteiger partial charge in [0.15, 0.2) is 0 Å². The summed E-state index contributed by atoms with van der Waals surface area (Å²) in [6.45, 7) is 7.58. The maximum Gasteiger partial charge on any atom is 0.234 e. The molecule has 0 unspecified atom stereocenters. The molecule has 1 saturated heterocycles. The third kappa shape index (κ3) is 5.44. The van der Waals surface area contributed by atoms with Gasteiger partial charge in [-0.05, 0) is 32.0 Å². The molecular formula is C22H27F2N3O2. The van der Waals surface area contributed by atoms with Gasteiger partial charge in [-0.1, -0.05) is 18.2 Å². The number of nitrogens with one attached hydrogen (secondary N) is 1. The van der Waals surface area contributed by atoms with E-state index in [0.717, 1.165) is 43.7 Å². The number of piperazine rings is 1. The summed E-state index contributed by atoms with van der Waals surface area (Å²) < 4.78 is 32.7. The smallest absolute Gasteiger partial charge is 0.234 e. The van der Waals surface area contributed by atoms with Crippen LogP contribution in [0.1, 0.15) is 25.5 Å². The third-order valence-corrected chi connectivity index (χ3v) is 5.05. The largest absolute Gasteiger partial charge is 0.492 e. The number of ether oxygens (including phenoxy) is 1. The summed E-state index contributed by atoms with van der Waals surface area (Å²) in [6.07, 6.45) is 0. The number of amides is 1. The number of carbonyl (C=O) groups excluding carboxylic acids is 1. The molecule has 0 bridgehead atoms. The zero-order chi connectivity index (χ0) is 20.8. The van der Waals surface area contributed by atoms with E-state index in [1.165, 1.54) is 12.1 Å². The lowest BCUT2D eigenvalue weighted by Gasteiger charge is -2.36. The second-order valence-electron chi connectivity index (χ2n) is 7.12. The van der Waals surface area contributed by atoms with Gasteiger partial charge in [0.05, 0.1) is 24.9 Å². The molecule has 156 valence electrons. The van der Waals surface area contributed by atoms with Crippen LogP contribution in [0.2, 0.25) is 0 Å². The van der Waals surface area contributed by atoms with Crippen LogP contribution < -0.4 is 15.0 Å².